The van der Waals surface area contributed by atoms with E-state index < -0.39 is 4.50 Å². The summed E-state index contributed by atoms with van der Waals surface area (Å²) >= 11 is 4.92. The number of aliphatic hydroxyl groups is 2. The average molecular weight is 179 g/mol. The molecule has 0 saturated heterocycles. The fourth-order valence-corrected chi connectivity index (χ4v) is 1.53. The summed E-state index contributed by atoms with van der Waals surface area (Å²) in [5.41, 5.74) is 0. The van der Waals surface area contributed by atoms with Crippen LogP contribution in [0.1, 0.15) is 25.7 Å². The van der Waals surface area contributed by atoms with Crippen molar-refractivity contribution in [2.24, 2.45) is 0 Å². The molecule has 2 nitrogen and oxygen atoms in total. The van der Waals surface area contributed by atoms with Gasteiger partial charge in [0.1, 0.15) is 0 Å². The Morgan fingerprint density at radius 1 is 1.56 bits per heavy atom. The molecular weight excluding hydrogens is 168 g/mol. The summed E-state index contributed by atoms with van der Waals surface area (Å²) in [5, 5.41) is 18.2. The normalized spacial score (nSPS) is 45.1. The molecule has 0 spiro atoms. The van der Waals surface area contributed by atoms with Gasteiger partial charge in [-0.1, -0.05) is 0 Å². The van der Waals surface area contributed by atoms with Gasteiger partial charge in [-0.15, -0.1) is 0 Å². The van der Waals surface area contributed by atoms with Crippen LogP contribution in [0.4, 0.5) is 0 Å². The van der Waals surface area contributed by atoms with E-state index in [4.69, 9.17) is 21.1 Å². The molecule has 0 bridgehead atoms. The van der Waals surface area contributed by atoms with Crippen molar-refractivity contribution in [1.82, 2.24) is 0 Å². The molecule has 0 radical (unpaired) electrons. The van der Waals surface area contributed by atoms with Gasteiger partial charge in [0.25, 0.3) is 0 Å². The van der Waals surface area contributed by atoms with Crippen molar-refractivity contribution >= 4 is 0 Å². The Bertz CT molecular complexity index is 103. The van der Waals surface area contributed by atoms with Crippen LogP contribution in [-0.2, 0) is 16.0 Å². The van der Waals surface area contributed by atoms with E-state index in [0.29, 0.717) is 12.8 Å². The third-order valence-corrected chi connectivity index (χ3v) is 2.04. The monoisotopic (exact) mass is 178 g/mol. The van der Waals surface area contributed by atoms with E-state index >= 15 is 0 Å². The van der Waals surface area contributed by atoms with Crippen molar-refractivity contribution in [2.45, 2.75) is 36.3 Å². The second-order valence-electron chi connectivity index (χ2n) is 2.60. The van der Waals surface area contributed by atoms with E-state index in [0.717, 1.165) is 12.8 Å². The van der Waals surface area contributed by atoms with Crippen LogP contribution in [0.15, 0.2) is 0 Å². The molecule has 1 fully saturated rings. The summed E-state index contributed by atoms with van der Waals surface area (Å²) in [7, 11) is 0. The summed E-state index contributed by atoms with van der Waals surface area (Å²) in [5.74, 6) is 0. The fourth-order valence-electron chi connectivity index (χ4n) is 1.14. The van der Waals surface area contributed by atoms with Gasteiger partial charge in [-0.05, 0) is 0 Å². The number of aliphatic hydroxyl groups excluding tert-OH is 1. The topological polar surface area (TPSA) is 40.5 Å². The zero-order chi connectivity index (χ0) is 6.91. The molecule has 1 saturated carbocycles. The van der Waals surface area contributed by atoms with Gasteiger partial charge in [0.2, 0.25) is 0 Å². The van der Waals surface area contributed by atoms with Crippen LogP contribution in [0.2, 0.25) is 0 Å². The van der Waals surface area contributed by atoms with Crippen LogP contribution in [-0.4, -0.2) is 20.8 Å². The molecule has 0 aromatic carbocycles. The summed E-state index contributed by atoms with van der Waals surface area (Å²) in [6, 6.07) is 0. The second kappa shape index (κ2) is 2.59. The molecular formula is C6H11CuO2. The van der Waals surface area contributed by atoms with Crippen molar-refractivity contribution in [3.05, 3.63) is 0 Å². The van der Waals surface area contributed by atoms with Crippen LogP contribution >= 0.6 is 0 Å². The number of hydrogen-bond donors (Lipinski definition) is 2. The molecule has 0 amide bonds. The van der Waals surface area contributed by atoms with Crippen molar-refractivity contribution < 1.29 is 26.2 Å². The van der Waals surface area contributed by atoms with Crippen LogP contribution in [0.5, 0.6) is 0 Å². The maximum absolute atomic E-state index is 9.19. The molecule has 2 N–H and O–H groups in total. The summed E-state index contributed by atoms with van der Waals surface area (Å²) in [4.78, 5) is 0. The Labute approximate surface area is 63.1 Å². The molecule has 2 unspecified atom stereocenters. The maximum atomic E-state index is 9.19. The minimum atomic E-state index is -1.04. The second-order valence-corrected chi connectivity index (χ2v) is 3.47. The predicted octanol–water partition coefficient (Wildman–Crippen LogP) is 0.157. The Morgan fingerprint density at radius 2 is 2.22 bits per heavy atom. The standard InChI is InChI=1S/C6H11O2.Cu/c7-5-2-1-3-6(8)4-5;/h5,7-8H,1-4H2;. The minimum absolute atomic E-state index is 0.354. The summed E-state index contributed by atoms with van der Waals surface area (Å²) in [6.07, 6.45) is 2.25. The third-order valence-electron chi connectivity index (χ3n) is 1.61. The quantitative estimate of drug-likeness (QED) is 0.519. The first-order valence-corrected chi connectivity index (χ1v) is 3.63. The molecule has 1 rings (SSSR count). The fraction of sp³-hybridized carbons (Fsp3) is 1.00. The van der Waals surface area contributed by atoms with E-state index in [9.17, 15) is 5.11 Å². The average Bonchev–Trinajstić information content (AvgIpc) is 1.60. The van der Waals surface area contributed by atoms with Gasteiger partial charge in [0.05, 0.1) is 0 Å². The van der Waals surface area contributed by atoms with E-state index in [2.05, 4.69) is 0 Å². The molecule has 3 heteroatoms. The first kappa shape index (κ1) is 7.55. The van der Waals surface area contributed by atoms with Crippen LogP contribution in [0, 0.1) is 0 Å². The van der Waals surface area contributed by atoms with Gasteiger partial charge in [0.15, 0.2) is 0 Å². The molecule has 0 aromatic rings. The molecule has 2 atom stereocenters. The van der Waals surface area contributed by atoms with Crippen LogP contribution in [0.25, 0.3) is 0 Å². The predicted molar refractivity (Wildman–Crippen MR) is 29.4 cm³/mol. The first-order valence-electron chi connectivity index (χ1n) is 3.16. The van der Waals surface area contributed by atoms with Crippen molar-refractivity contribution in [2.75, 3.05) is 0 Å². The van der Waals surface area contributed by atoms with Crippen LogP contribution < -0.4 is 0 Å². The van der Waals surface area contributed by atoms with Crippen molar-refractivity contribution in [3.8, 4) is 0 Å². The summed E-state index contributed by atoms with van der Waals surface area (Å²) < 4.78 is -1.04. The van der Waals surface area contributed by atoms with Crippen LogP contribution in [0.3, 0.4) is 0 Å². The first-order chi connectivity index (χ1) is 4.10. The SMILES string of the molecule is OC1CCC[C](O)([Cu])C1. The third kappa shape index (κ3) is 2.26. The Hall–Kier alpha value is 0.439. The zero-order valence-corrected chi connectivity index (χ0v) is 6.04. The van der Waals surface area contributed by atoms with Gasteiger partial charge in [-0.3, -0.25) is 0 Å². The Kier molecular flexibility index (Phi) is 2.17. The van der Waals surface area contributed by atoms with Gasteiger partial charge in [-0.25, -0.2) is 0 Å². The van der Waals surface area contributed by atoms with Crippen molar-refractivity contribution in [3.63, 3.8) is 0 Å². The van der Waals surface area contributed by atoms with Gasteiger partial charge in [0, 0.05) is 0 Å². The van der Waals surface area contributed by atoms with Crippen molar-refractivity contribution in [1.29, 1.82) is 0 Å². The molecule has 0 aliphatic heterocycles. The molecule has 1 aliphatic rings. The van der Waals surface area contributed by atoms with Gasteiger partial charge in [-0.2, -0.15) is 0 Å². The summed E-state index contributed by atoms with van der Waals surface area (Å²) in [6.45, 7) is 0. The van der Waals surface area contributed by atoms with Gasteiger partial charge < -0.3 is 0 Å². The number of rotatable bonds is 0. The Morgan fingerprint density at radius 3 is 2.56 bits per heavy atom. The molecule has 0 aromatic heterocycles. The molecule has 1 aliphatic carbocycles. The number of hydrogen-bond acceptors (Lipinski definition) is 2. The van der Waals surface area contributed by atoms with E-state index in [1.807, 2.05) is 0 Å². The van der Waals surface area contributed by atoms with E-state index in [1.54, 1.807) is 0 Å². The molecule has 58 valence electrons. The van der Waals surface area contributed by atoms with E-state index in [-0.39, 0.29) is 6.10 Å². The zero-order valence-electron chi connectivity index (χ0n) is 5.10. The Balaban J connectivity index is 2.41. The molecule has 0 heterocycles. The molecule has 9 heavy (non-hydrogen) atoms. The van der Waals surface area contributed by atoms with Gasteiger partial charge >= 0.3 is 62.5 Å². The van der Waals surface area contributed by atoms with E-state index in [1.165, 1.54) is 0 Å².